The largest absolute Gasteiger partial charge is 0.481 e. The third-order valence-electron chi connectivity index (χ3n) is 4.07. The van der Waals surface area contributed by atoms with Crippen LogP contribution in [0.4, 0.5) is 0 Å². The highest BCUT2D eigenvalue weighted by atomic mass is 33.5. The summed E-state index contributed by atoms with van der Waals surface area (Å²) in [6, 6.07) is 0. The molecule has 23 heteroatoms. The SMILES string of the molecule is C=CCC1(CC(=O)O)O[C@@H](C)OC1=O.CC(C)(C)[C@H]1OC(=O)[C@@H](CC(=O)O)O1.S=S=S=S=S=S=S=S=S=S=S=S=S. The van der Waals surface area contributed by atoms with Gasteiger partial charge in [0.25, 0.3) is 0 Å². The molecule has 236 valence electrons. The van der Waals surface area contributed by atoms with Gasteiger partial charge in [-0.2, -0.15) is 0 Å². The number of carbonyl (C=O) groups is 4. The molecule has 0 spiro atoms. The summed E-state index contributed by atoms with van der Waals surface area (Å²) in [5.41, 5.74) is -1.71. The average Bonchev–Trinajstić information content (AvgIpc) is 3.36. The van der Waals surface area contributed by atoms with Gasteiger partial charge >= 0.3 is 23.9 Å². The molecule has 10 nitrogen and oxygen atoms in total. The van der Waals surface area contributed by atoms with E-state index in [4.69, 9.17) is 51.5 Å². The number of carboxylic acids is 2. The molecule has 0 saturated carbocycles. The molecule has 0 aromatic carbocycles. The Hall–Kier alpha value is 0.400. The summed E-state index contributed by atoms with van der Waals surface area (Å²) in [6.45, 7) is 10.6. The second-order valence-corrected chi connectivity index (χ2v) is 27.7. The number of ether oxygens (including phenoxy) is 4. The van der Waals surface area contributed by atoms with Crippen LogP contribution in [0.2, 0.25) is 0 Å². The number of hydrogen-bond donors (Lipinski definition) is 2. The Morgan fingerprint density at radius 1 is 0.927 bits per heavy atom. The Balaban J connectivity index is 0.000000586. The van der Waals surface area contributed by atoms with E-state index in [1.54, 1.807) is 86.8 Å². The van der Waals surface area contributed by atoms with Gasteiger partial charge in [0.05, 0.1) is 12.8 Å². The molecule has 41 heavy (non-hydrogen) atoms. The molecule has 2 aliphatic rings. The first-order valence-electron chi connectivity index (χ1n) is 10.6. The molecule has 4 atom stereocenters. The normalized spacial score (nSPS) is 22.3. The Labute approximate surface area is 278 Å². The molecule has 0 bridgehead atoms. The van der Waals surface area contributed by atoms with E-state index in [9.17, 15) is 19.2 Å². The zero-order valence-corrected chi connectivity index (χ0v) is 32.2. The van der Waals surface area contributed by atoms with Crippen molar-refractivity contribution in [2.45, 2.75) is 71.2 Å². The van der Waals surface area contributed by atoms with Crippen LogP contribution in [0.3, 0.4) is 0 Å². The fourth-order valence-corrected chi connectivity index (χ4v) is 27.3. The number of hydrogen-bond acceptors (Lipinski definition) is 10. The predicted octanol–water partition coefficient (Wildman–Crippen LogP) is 1.44. The number of carboxylic acid groups (broad SMARTS) is 2. The maximum Gasteiger partial charge on any atom is 0.341 e. The van der Waals surface area contributed by atoms with Gasteiger partial charge in [-0.25, -0.2) is 9.59 Å². The van der Waals surface area contributed by atoms with Crippen LogP contribution in [0.25, 0.3) is 0 Å². The maximum absolute atomic E-state index is 11.4. The highest BCUT2D eigenvalue weighted by Gasteiger charge is 2.49. The van der Waals surface area contributed by atoms with Crippen LogP contribution < -0.4 is 0 Å². The van der Waals surface area contributed by atoms with E-state index in [1.807, 2.05) is 20.8 Å². The first-order valence-corrected chi connectivity index (χ1v) is 26.6. The minimum absolute atomic E-state index is 0.141. The first-order chi connectivity index (χ1) is 19.2. The molecule has 2 aliphatic heterocycles. The molecule has 2 N–H and O–H groups in total. The third kappa shape index (κ3) is 18.7. The summed E-state index contributed by atoms with van der Waals surface area (Å²) >= 11 is 9.40. The lowest BCUT2D eigenvalue weighted by Crippen LogP contribution is -2.38. The number of esters is 2. The highest BCUT2D eigenvalue weighted by Crippen LogP contribution is 2.32. The third-order valence-corrected chi connectivity index (χ3v) is 26.3. The van der Waals surface area contributed by atoms with Crippen molar-refractivity contribution in [1.82, 2.24) is 0 Å². The van der Waals surface area contributed by atoms with Crippen LogP contribution >= 0.6 is 0 Å². The molecule has 2 fully saturated rings. The molecule has 2 saturated heterocycles. The zero-order valence-electron chi connectivity index (χ0n) is 21.6. The van der Waals surface area contributed by atoms with Gasteiger partial charge in [-0.15, -0.1) is 6.58 Å². The summed E-state index contributed by atoms with van der Waals surface area (Å²) in [5.74, 6) is -3.39. The van der Waals surface area contributed by atoms with E-state index in [-0.39, 0.29) is 18.3 Å². The lowest BCUT2D eigenvalue weighted by Gasteiger charge is -2.23. The molecule has 0 amide bonds. The van der Waals surface area contributed by atoms with Crippen LogP contribution in [-0.4, -0.2) is 58.4 Å². The van der Waals surface area contributed by atoms with E-state index < -0.39 is 54.6 Å². The molecule has 2 rings (SSSR count). The standard InChI is InChI=1S/C9H14O5.C9H12O5.S13/c1-9(2,3)8-13-5(4-6(10)11)7(12)14-8;1-3-4-9(5-7(10)11)8(12)13-6(2)14-9;1-3-5-7-9-11-13-12-10-8-6-4-2/h5,8H,4H2,1-3H3,(H,10,11);3,6H,1,4-5H2,2H3,(H,10,11);/t5-,8-;6-,9?;/m10./s1. The smallest absolute Gasteiger partial charge is 0.341 e. The molecule has 0 aromatic rings. The van der Waals surface area contributed by atoms with Crippen molar-refractivity contribution in [1.29, 1.82) is 0 Å². The van der Waals surface area contributed by atoms with Crippen molar-refractivity contribution in [3.8, 4) is 0 Å². The minimum Gasteiger partial charge on any atom is -0.481 e. The van der Waals surface area contributed by atoms with Crippen molar-refractivity contribution in [3.63, 3.8) is 0 Å². The minimum atomic E-state index is -1.38. The van der Waals surface area contributed by atoms with E-state index >= 15 is 0 Å². The predicted molar refractivity (Wildman–Crippen MR) is 189 cm³/mol. The highest BCUT2D eigenvalue weighted by molar-refractivity contribution is 8.75. The Morgan fingerprint density at radius 3 is 1.73 bits per heavy atom. The summed E-state index contributed by atoms with van der Waals surface area (Å²) < 4.78 is 20.1. The molecule has 0 radical (unpaired) electrons. The Morgan fingerprint density at radius 2 is 1.41 bits per heavy atom. The molecular formula is C18H26O10S13. The van der Waals surface area contributed by atoms with Gasteiger partial charge in [-0.05, 0) is 6.92 Å². The fraction of sp³-hybridized carbons (Fsp3) is 0.667. The van der Waals surface area contributed by atoms with Gasteiger partial charge in [0.1, 0.15) is 0 Å². The molecule has 0 aliphatic carbocycles. The van der Waals surface area contributed by atoms with Crippen LogP contribution in [0.5, 0.6) is 0 Å². The van der Waals surface area contributed by atoms with Crippen molar-refractivity contribution in [2.75, 3.05) is 0 Å². The van der Waals surface area contributed by atoms with Crippen molar-refractivity contribution in [3.05, 3.63) is 12.7 Å². The number of rotatable bonds is 6. The van der Waals surface area contributed by atoms with Crippen LogP contribution in [0.15, 0.2) is 12.7 Å². The van der Waals surface area contributed by atoms with Crippen LogP contribution in [0.1, 0.15) is 47.0 Å². The van der Waals surface area contributed by atoms with Gasteiger partial charge in [0, 0.05) is 132 Å². The average molecular weight is 819 g/mol. The second kappa shape index (κ2) is 22.8. The summed E-state index contributed by atoms with van der Waals surface area (Å²) in [7, 11) is 18.1. The van der Waals surface area contributed by atoms with E-state index in [0.717, 1.165) is 0 Å². The van der Waals surface area contributed by atoms with Crippen molar-refractivity contribution in [2.24, 2.45) is 5.41 Å². The number of cyclic esters (lactones) is 2. The van der Waals surface area contributed by atoms with Gasteiger partial charge in [0.2, 0.25) is 12.6 Å². The lowest BCUT2D eigenvalue weighted by molar-refractivity contribution is -0.154. The quantitative estimate of drug-likeness (QED) is 0.296. The monoisotopic (exact) mass is 818 g/mol. The fourth-order valence-electron chi connectivity index (χ4n) is 2.63. The Kier molecular flexibility index (Phi) is 23.1. The lowest BCUT2D eigenvalue weighted by atomic mass is 9.96. The molecule has 1 unspecified atom stereocenters. The van der Waals surface area contributed by atoms with E-state index in [0.29, 0.717) is 0 Å². The second-order valence-electron chi connectivity index (χ2n) is 8.25. The van der Waals surface area contributed by atoms with Gasteiger partial charge < -0.3 is 29.2 Å². The summed E-state index contributed by atoms with van der Waals surface area (Å²) in [6.07, 6.45) is -1.46. The molecular weight excluding hydrogens is 793 g/mol. The summed E-state index contributed by atoms with van der Waals surface area (Å²) in [4.78, 5) is 43.5. The van der Waals surface area contributed by atoms with Gasteiger partial charge in [-0.3, -0.25) is 9.59 Å². The zero-order chi connectivity index (χ0) is 31.5. The number of aliphatic carboxylic acids is 2. The van der Waals surface area contributed by atoms with Gasteiger partial charge in [0.15, 0.2) is 11.7 Å². The van der Waals surface area contributed by atoms with E-state index in [2.05, 4.69) is 6.58 Å². The Bertz CT molecular complexity index is 1400. The van der Waals surface area contributed by atoms with Crippen LogP contribution in [0, 0.1) is 5.41 Å². The molecule has 2 heterocycles. The summed E-state index contributed by atoms with van der Waals surface area (Å²) in [5, 5.41) is 17.1. The van der Waals surface area contributed by atoms with Crippen molar-refractivity contribution >= 4 is 144 Å². The molecule has 0 aromatic heterocycles. The van der Waals surface area contributed by atoms with Crippen molar-refractivity contribution < 1.29 is 48.3 Å². The number of carbonyl (C=O) groups excluding carboxylic acids is 2. The van der Waals surface area contributed by atoms with E-state index in [1.165, 1.54) is 23.8 Å². The maximum atomic E-state index is 11.4. The first kappa shape index (κ1) is 41.4. The van der Waals surface area contributed by atoms with Crippen LogP contribution in [-0.2, 0) is 158 Å². The topological polar surface area (TPSA) is 146 Å². The van der Waals surface area contributed by atoms with Gasteiger partial charge in [-0.1, -0.05) is 26.8 Å².